The van der Waals surface area contributed by atoms with E-state index in [4.69, 9.17) is 0 Å². The monoisotopic (exact) mass is 346 g/mol. The SMILES string of the molecule is CC.CC(C)c1ncncc1C(F)F.Cc1ccnc(C(F)F)n1. The summed E-state index contributed by atoms with van der Waals surface area (Å²) in [4.78, 5) is 14.3. The molecular formula is C16H22F4N4. The fourth-order valence-corrected chi connectivity index (χ4v) is 1.57. The van der Waals surface area contributed by atoms with Crippen molar-refractivity contribution in [2.24, 2.45) is 0 Å². The molecule has 0 saturated carbocycles. The van der Waals surface area contributed by atoms with Gasteiger partial charge in [0.25, 0.3) is 12.9 Å². The summed E-state index contributed by atoms with van der Waals surface area (Å²) in [7, 11) is 0. The van der Waals surface area contributed by atoms with Crippen molar-refractivity contribution in [1.82, 2.24) is 19.9 Å². The molecule has 0 bridgehead atoms. The summed E-state index contributed by atoms with van der Waals surface area (Å²) < 4.78 is 48.3. The van der Waals surface area contributed by atoms with Crippen LogP contribution in [-0.2, 0) is 0 Å². The first-order chi connectivity index (χ1) is 11.3. The quantitative estimate of drug-likeness (QED) is 0.709. The number of aryl methyl sites for hydroxylation is 1. The molecule has 2 aromatic heterocycles. The summed E-state index contributed by atoms with van der Waals surface area (Å²) in [5.41, 5.74) is 0.929. The lowest BCUT2D eigenvalue weighted by Crippen LogP contribution is -2.00. The van der Waals surface area contributed by atoms with Crippen LogP contribution in [0.5, 0.6) is 0 Å². The van der Waals surface area contributed by atoms with Crippen LogP contribution in [0.4, 0.5) is 17.6 Å². The minimum Gasteiger partial charge on any atom is -0.244 e. The molecule has 2 aromatic rings. The third kappa shape index (κ3) is 7.43. The molecule has 0 aliphatic heterocycles. The first kappa shape index (κ1) is 21.9. The minimum atomic E-state index is -2.57. The third-order valence-electron chi connectivity index (χ3n) is 2.56. The van der Waals surface area contributed by atoms with Gasteiger partial charge in [0.2, 0.25) is 0 Å². The topological polar surface area (TPSA) is 51.6 Å². The molecule has 0 fully saturated rings. The van der Waals surface area contributed by atoms with Crippen molar-refractivity contribution in [3.63, 3.8) is 0 Å². The second-order valence-corrected chi connectivity index (χ2v) is 4.68. The van der Waals surface area contributed by atoms with Gasteiger partial charge in [-0.3, -0.25) is 0 Å². The van der Waals surface area contributed by atoms with E-state index in [1.54, 1.807) is 13.0 Å². The second-order valence-electron chi connectivity index (χ2n) is 4.68. The Kier molecular flexibility index (Phi) is 10.4. The Bertz CT molecular complexity index is 565. The first-order valence-corrected chi connectivity index (χ1v) is 7.48. The first-order valence-electron chi connectivity index (χ1n) is 7.48. The number of halogens is 4. The minimum absolute atomic E-state index is 0.0111. The highest BCUT2D eigenvalue weighted by Crippen LogP contribution is 2.25. The average Bonchev–Trinajstić information content (AvgIpc) is 2.57. The van der Waals surface area contributed by atoms with Crippen molar-refractivity contribution in [1.29, 1.82) is 0 Å². The highest BCUT2D eigenvalue weighted by atomic mass is 19.3. The summed E-state index contributed by atoms with van der Waals surface area (Å²) in [5.74, 6) is -0.392. The Labute approximate surface area is 139 Å². The summed E-state index contributed by atoms with van der Waals surface area (Å²) in [6, 6.07) is 1.58. The molecule has 0 saturated heterocycles. The highest BCUT2D eigenvalue weighted by Gasteiger charge is 2.15. The number of aromatic nitrogens is 4. The molecule has 0 aromatic carbocycles. The van der Waals surface area contributed by atoms with Crippen LogP contribution in [0.3, 0.4) is 0 Å². The molecule has 2 rings (SSSR count). The van der Waals surface area contributed by atoms with Crippen LogP contribution in [-0.4, -0.2) is 19.9 Å². The smallest absolute Gasteiger partial charge is 0.244 e. The Morgan fingerprint density at radius 2 is 1.58 bits per heavy atom. The lowest BCUT2D eigenvalue weighted by Gasteiger charge is -2.08. The van der Waals surface area contributed by atoms with Gasteiger partial charge >= 0.3 is 0 Å². The fraction of sp³-hybridized carbons (Fsp3) is 0.500. The molecule has 0 aliphatic carbocycles. The van der Waals surface area contributed by atoms with Gasteiger partial charge < -0.3 is 0 Å². The predicted octanol–water partition coefficient (Wildman–Crippen LogP) is 5.29. The number of nitrogens with zero attached hydrogens (tertiary/aromatic N) is 4. The summed E-state index contributed by atoms with van der Waals surface area (Å²) in [6.45, 7) is 9.30. The maximum absolute atomic E-state index is 12.3. The molecule has 0 amide bonds. The van der Waals surface area contributed by atoms with Crippen LogP contribution in [0.25, 0.3) is 0 Å². The maximum atomic E-state index is 12.3. The second kappa shape index (κ2) is 11.4. The van der Waals surface area contributed by atoms with E-state index in [9.17, 15) is 17.6 Å². The van der Waals surface area contributed by atoms with Crippen LogP contribution < -0.4 is 0 Å². The normalized spacial score (nSPS) is 10.2. The van der Waals surface area contributed by atoms with Crippen molar-refractivity contribution < 1.29 is 17.6 Å². The van der Waals surface area contributed by atoms with E-state index in [1.807, 2.05) is 27.7 Å². The lowest BCUT2D eigenvalue weighted by molar-refractivity contribution is 0.140. The standard InChI is InChI=1S/C8H10F2N2.C6H6F2N2.C2H6/c1-5(2)7-6(8(9)10)3-11-4-12-7;1-4-2-3-9-6(10-4)5(7)8;1-2/h3-5,8H,1-2H3;2-3,5H,1H3;1-2H3. The predicted molar refractivity (Wildman–Crippen MR) is 84.2 cm³/mol. The molecule has 8 heteroatoms. The van der Waals surface area contributed by atoms with E-state index in [0.717, 1.165) is 0 Å². The van der Waals surface area contributed by atoms with Gasteiger partial charge in [-0.05, 0) is 18.9 Å². The number of hydrogen-bond donors (Lipinski definition) is 0. The largest absolute Gasteiger partial charge is 0.297 e. The number of alkyl halides is 4. The average molecular weight is 346 g/mol. The third-order valence-corrected chi connectivity index (χ3v) is 2.56. The molecule has 0 aliphatic rings. The van der Waals surface area contributed by atoms with E-state index in [-0.39, 0.29) is 11.5 Å². The molecule has 24 heavy (non-hydrogen) atoms. The highest BCUT2D eigenvalue weighted by molar-refractivity contribution is 5.20. The zero-order chi connectivity index (χ0) is 18.7. The molecular weight excluding hydrogens is 324 g/mol. The summed E-state index contributed by atoms with van der Waals surface area (Å²) in [6.07, 6.45) is -1.26. The maximum Gasteiger partial charge on any atom is 0.297 e. The Morgan fingerprint density at radius 3 is 1.96 bits per heavy atom. The lowest BCUT2D eigenvalue weighted by atomic mass is 10.1. The Morgan fingerprint density at radius 1 is 0.958 bits per heavy atom. The number of hydrogen-bond acceptors (Lipinski definition) is 4. The molecule has 4 nitrogen and oxygen atoms in total. The van der Waals surface area contributed by atoms with Crippen LogP contribution in [0.15, 0.2) is 24.8 Å². The van der Waals surface area contributed by atoms with Crippen molar-refractivity contribution >= 4 is 0 Å². The van der Waals surface area contributed by atoms with E-state index in [2.05, 4.69) is 19.9 Å². The van der Waals surface area contributed by atoms with Crippen LogP contribution >= 0.6 is 0 Å². The van der Waals surface area contributed by atoms with Crippen molar-refractivity contribution in [2.45, 2.75) is 53.4 Å². The van der Waals surface area contributed by atoms with Gasteiger partial charge in [0.15, 0.2) is 5.82 Å². The molecule has 0 spiro atoms. The van der Waals surface area contributed by atoms with Crippen LogP contribution in [0.1, 0.15) is 69.2 Å². The fourth-order valence-electron chi connectivity index (χ4n) is 1.57. The van der Waals surface area contributed by atoms with E-state index in [1.165, 1.54) is 18.7 Å². The van der Waals surface area contributed by atoms with Crippen LogP contribution in [0.2, 0.25) is 0 Å². The molecule has 0 N–H and O–H groups in total. The van der Waals surface area contributed by atoms with Gasteiger partial charge in [0.1, 0.15) is 6.33 Å². The Balaban J connectivity index is 0.000000405. The van der Waals surface area contributed by atoms with Crippen molar-refractivity contribution in [3.05, 3.63) is 47.6 Å². The molecule has 0 atom stereocenters. The van der Waals surface area contributed by atoms with Gasteiger partial charge in [-0.25, -0.2) is 37.5 Å². The van der Waals surface area contributed by atoms with E-state index in [0.29, 0.717) is 11.4 Å². The molecule has 0 radical (unpaired) electrons. The van der Waals surface area contributed by atoms with Crippen molar-refractivity contribution in [2.75, 3.05) is 0 Å². The van der Waals surface area contributed by atoms with Gasteiger partial charge in [-0.15, -0.1) is 0 Å². The van der Waals surface area contributed by atoms with Crippen molar-refractivity contribution in [3.8, 4) is 0 Å². The molecule has 0 unspecified atom stereocenters. The Hall–Kier alpha value is -2.12. The van der Waals surface area contributed by atoms with Gasteiger partial charge in [-0.1, -0.05) is 27.7 Å². The molecule has 2 heterocycles. The van der Waals surface area contributed by atoms with E-state index < -0.39 is 18.7 Å². The zero-order valence-corrected chi connectivity index (χ0v) is 14.3. The van der Waals surface area contributed by atoms with E-state index >= 15 is 0 Å². The number of rotatable bonds is 3. The summed E-state index contributed by atoms with van der Waals surface area (Å²) >= 11 is 0. The van der Waals surface area contributed by atoms with Gasteiger partial charge in [0, 0.05) is 18.1 Å². The van der Waals surface area contributed by atoms with Gasteiger partial charge in [-0.2, -0.15) is 0 Å². The summed E-state index contributed by atoms with van der Waals surface area (Å²) in [5, 5.41) is 0. The molecule has 134 valence electrons. The zero-order valence-electron chi connectivity index (χ0n) is 14.3. The van der Waals surface area contributed by atoms with Gasteiger partial charge in [0.05, 0.1) is 11.3 Å². The van der Waals surface area contributed by atoms with Crippen LogP contribution in [0, 0.1) is 6.92 Å².